The van der Waals surface area contributed by atoms with Crippen molar-refractivity contribution in [2.45, 2.75) is 19.9 Å². The lowest BCUT2D eigenvalue weighted by molar-refractivity contribution is -0.129. The average Bonchev–Trinajstić information content (AvgIpc) is 2.37. The number of hydrogen-bond donors (Lipinski definition) is 1. The van der Waals surface area contributed by atoms with Gasteiger partial charge >= 0.3 is 0 Å². The number of aromatic nitrogens is 1. The maximum atomic E-state index is 12.1. The van der Waals surface area contributed by atoms with Crippen molar-refractivity contribution in [1.29, 1.82) is 0 Å². The molecular weight excluding hydrogens is 242 g/mol. The largest absolute Gasteiger partial charge is 0.380 e. The number of amides is 1. The number of hydrogen-bond acceptors (Lipinski definition) is 4. The summed E-state index contributed by atoms with van der Waals surface area (Å²) in [5.41, 5.74) is 0.175. The normalized spacial score (nSPS) is 18.7. The first kappa shape index (κ1) is 14.0. The number of carbonyl (C=O) groups excluding carboxylic acids is 1. The molecule has 0 aromatic carbocycles. The summed E-state index contributed by atoms with van der Waals surface area (Å²) in [6.07, 6.45) is 1.66. The van der Waals surface area contributed by atoms with Crippen LogP contribution in [0.2, 0.25) is 0 Å². The van der Waals surface area contributed by atoms with Gasteiger partial charge < -0.3 is 10.1 Å². The number of carbonyl (C=O) groups is 1. The number of likely N-dealkylation sites (N-methyl/N-ethyl adjacent to an activating group) is 1. The highest BCUT2D eigenvalue weighted by Crippen LogP contribution is 2.27. The van der Waals surface area contributed by atoms with Crippen molar-refractivity contribution in [3.63, 3.8) is 0 Å². The summed E-state index contributed by atoms with van der Waals surface area (Å²) in [7, 11) is 1.96. The fourth-order valence-electron chi connectivity index (χ4n) is 2.15. The monoisotopic (exact) mass is 263 g/mol. The van der Waals surface area contributed by atoms with Gasteiger partial charge in [-0.15, -0.1) is 0 Å². The lowest BCUT2D eigenvalue weighted by Gasteiger charge is -2.42. The minimum Gasteiger partial charge on any atom is -0.380 e. The quantitative estimate of drug-likeness (QED) is 0.872. The molecule has 1 aliphatic rings. The van der Waals surface area contributed by atoms with Crippen LogP contribution in [0.25, 0.3) is 0 Å². The van der Waals surface area contributed by atoms with Crippen LogP contribution in [0.1, 0.15) is 13.8 Å². The van der Waals surface area contributed by atoms with Crippen LogP contribution in [0.15, 0.2) is 24.4 Å². The molecule has 0 unspecified atom stereocenters. The first-order valence-electron chi connectivity index (χ1n) is 6.50. The van der Waals surface area contributed by atoms with Gasteiger partial charge in [0.1, 0.15) is 5.82 Å². The highest BCUT2D eigenvalue weighted by molar-refractivity contribution is 5.93. The van der Waals surface area contributed by atoms with E-state index in [1.54, 1.807) is 12.3 Å². The van der Waals surface area contributed by atoms with E-state index in [0.29, 0.717) is 5.82 Å². The molecule has 19 heavy (non-hydrogen) atoms. The molecule has 1 aromatic heterocycles. The second kappa shape index (κ2) is 5.67. The van der Waals surface area contributed by atoms with E-state index in [4.69, 9.17) is 4.74 Å². The van der Waals surface area contributed by atoms with Crippen LogP contribution in [0.3, 0.4) is 0 Å². The van der Waals surface area contributed by atoms with E-state index in [1.807, 2.05) is 26.1 Å². The molecule has 1 aromatic rings. The Balaban J connectivity index is 1.87. The number of nitrogens with one attached hydrogen (secondary N) is 1. The van der Waals surface area contributed by atoms with Crippen LogP contribution in [0, 0.1) is 5.41 Å². The number of nitrogens with zero attached hydrogens (tertiary/aromatic N) is 2. The molecule has 0 bridgehead atoms. The van der Waals surface area contributed by atoms with Gasteiger partial charge in [0.15, 0.2) is 0 Å². The Kier molecular flexibility index (Phi) is 4.17. The summed E-state index contributed by atoms with van der Waals surface area (Å²) in [5, 5.41) is 2.82. The number of anilines is 1. The molecule has 0 aliphatic carbocycles. The molecule has 0 radical (unpaired) electrons. The lowest BCUT2D eigenvalue weighted by Crippen LogP contribution is -2.51. The summed E-state index contributed by atoms with van der Waals surface area (Å²) >= 11 is 0. The molecule has 1 aliphatic heterocycles. The first-order valence-corrected chi connectivity index (χ1v) is 6.50. The fourth-order valence-corrected chi connectivity index (χ4v) is 2.15. The minimum atomic E-state index is -0.195. The van der Waals surface area contributed by atoms with Gasteiger partial charge in [-0.1, -0.05) is 13.0 Å². The van der Waals surface area contributed by atoms with Crippen LogP contribution in [-0.2, 0) is 9.53 Å². The Morgan fingerprint density at radius 1 is 1.58 bits per heavy atom. The third kappa shape index (κ3) is 3.52. The maximum Gasteiger partial charge on any atom is 0.242 e. The molecule has 5 heteroatoms. The molecule has 1 amide bonds. The number of pyridine rings is 1. The SMILES string of the molecule is C[C@H](C(=O)Nc1ccccn1)N(C)CC1(C)COC1. The molecule has 1 fully saturated rings. The number of ether oxygens (including phenoxy) is 1. The molecule has 1 atom stereocenters. The fraction of sp³-hybridized carbons (Fsp3) is 0.571. The predicted octanol–water partition coefficient (Wildman–Crippen LogP) is 1.38. The maximum absolute atomic E-state index is 12.1. The molecule has 0 saturated carbocycles. The Morgan fingerprint density at radius 2 is 2.32 bits per heavy atom. The van der Waals surface area contributed by atoms with Crippen molar-refractivity contribution in [3.8, 4) is 0 Å². The van der Waals surface area contributed by atoms with Crippen LogP contribution in [0.5, 0.6) is 0 Å². The van der Waals surface area contributed by atoms with Gasteiger partial charge in [-0.05, 0) is 26.1 Å². The van der Waals surface area contributed by atoms with Crippen molar-refractivity contribution in [2.75, 3.05) is 32.1 Å². The minimum absolute atomic E-state index is 0.0370. The van der Waals surface area contributed by atoms with Crippen molar-refractivity contribution < 1.29 is 9.53 Å². The van der Waals surface area contributed by atoms with E-state index in [1.165, 1.54) is 0 Å². The molecule has 1 N–H and O–H groups in total. The van der Waals surface area contributed by atoms with Gasteiger partial charge in [-0.3, -0.25) is 9.69 Å². The standard InChI is InChI=1S/C14H21N3O2/c1-11(17(3)8-14(2)9-19-10-14)13(18)16-12-6-4-5-7-15-12/h4-7,11H,8-10H2,1-3H3,(H,15,16,18)/t11-/m1/s1. The first-order chi connectivity index (χ1) is 9.00. The van der Waals surface area contributed by atoms with Crippen molar-refractivity contribution in [3.05, 3.63) is 24.4 Å². The van der Waals surface area contributed by atoms with Gasteiger partial charge in [-0.2, -0.15) is 0 Å². The van der Waals surface area contributed by atoms with Crippen LogP contribution in [0.4, 0.5) is 5.82 Å². The van der Waals surface area contributed by atoms with Gasteiger partial charge in [-0.25, -0.2) is 4.98 Å². The lowest BCUT2D eigenvalue weighted by atomic mass is 9.88. The molecule has 0 spiro atoms. The van der Waals surface area contributed by atoms with Crippen LogP contribution >= 0.6 is 0 Å². The molecule has 1 saturated heterocycles. The third-order valence-electron chi connectivity index (χ3n) is 3.49. The second-order valence-corrected chi connectivity index (χ2v) is 5.60. The highest BCUT2D eigenvalue weighted by atomic mass is 16.5. The predicted molar refractivity (Wildman–Crippen MR) is 73.9 cm³/mol. The van der Waals surface area contributed by atoms with Gasteiger partial charge in [0.25, 0.3) is 0 Å². The summed E-state index contributed by atoms with van der Waals surface area (Å²) in [6, 6.07) is 5.26. The molecule has 2 heterocycles. The van der Waals surface area contributed by atoms with Crippen molar-refractivity contribution in [1.82, 2.24) is 9.88 Å². The van der Waals surface area contributed by atoms with E-state index in [0.717, 1.165) is 19.8 Å². The zero-order valence-corrected chi connectivity index (χ0v) is 11.7. The Hall–Kier alpha value is -1.46. The molecule has 5 nitrogen and oxygen atoms in total. The topological polar surface area (TPSA) is 54.5 Å². The van der Waals surface area contributed by atoms with Crippen LogP contribution < -0.4 is 5.32 Å². The van der Waals surface area contributed by atoms with Crippen molar-refractivity contribution >= 4 is 11.7 Å². The summed E-state index contributed by atoms with van der Waals surface area (Å²) < 4.78 is 5.24. The number of rotatable bonds is 5. The van der Waals surface area contributed by atoms with E-state index >= 15 is 0 Å². The highest BCUT2D eigenvalue weighted by Gasteiger charge is 2.36. The second-order valence-electron chi connectivity index (χ2n) is 5.60. The van der Waals surface area contributed by atoms with E-state index < -0.39 is 0 Å². The average molecular weight is 263 g/mol. The Bertz CT molecular complexity index is 432. The Labute approximate surface area is 114 Å². The molecule has 104 valence electrons. The van der Waals surface area contributed by atoms with Gasteiger partial charge in [0.05, 0.1) is 19.3 Å². The van der Waals surface area contributed by atoms with E-state index in [2.05, 4.69) is 22.1 Å². The van der Waals surface area contributed by atoms with Crippen molar-refractivity contribution in [2.24, 2.45) is 5.41 Å². The smallest absolute Gasteiger partial charge is 0.242 e. The molecule has 2 rings (SSSR count). The van der Waals surface area contributed by atoms with Gasteiger partial charge in [0.2, 0.25) is 5.91 Å². The van der Waals surface area contributed by atoms with Gasteiger partial charge in [0, 0.05) is 18.2 Å². The zero-order valence-electron chi connectivity index (χ0n) is 11.7. The Morgan fingerprint density at radius 3 is 2.84 bits per heavy atom. The summed E-state index contributed by atoms with van der Waals surface area (Å²) in [5.74, 6) is 0.552. The third-order valence-corrected chi connectivity index (χ3v) is 3.49. The molecular formula is C14H21N3O2. The van der Waals surface area contributed by atoms with E-state index in [-0.39, 0.29) is 17.4 Å². The summed E-state index contributed by atoms with van der Waals surface area (Å²) in [6.45, 7) is 6.47. The van der Waals surface area contributed by atoms with Crippen LogP contribution in [-0.4, -0.2) is 48.6 Å². The zero-order chi connectivity index (χ0) is 13.9. The summed E-state index contributed by atoms with van der Waals surface area (Å²) in [4.78, 5) is 18.3. The van der Waals surface area contributed by atoms with E-state index in [9.17, 15) is 4.79 Å².